The average Bonchev–Trinajstić information content (AvgIpc) is 2.39. The minimum absolute atomic E-state index is 0.165. The van der Waals surface area contributed by atoms with Crippen LogP contribution in [0.5, 0.6) is 0 Å². The molecule has 2 heteroatoms. The molecule has 0 saturated heterocycles. The first kappa shape index (κ1) is 12.6. The zero-order chi connectivity index (χ0) is 12.1. The summed E-state index contributed by atoms with van der Waals surface area (Å²) in [6.45, 7) is 0.235. The largest absolute Gasteiger partial charge is 0.396 e. The van der Waals surface area contributed by atoms with Crippen molar-refractivity contribution in [1.29, 1.82) is 0 Å². The van der Waals surface area contributed by atoms with E-state index in [4.69, 9.17) is 5.11 Å². The summed E-state index contributed by atoms with van der Waals surface area (Å²) in [5.41, 5.74) is 1.40. The van der Waals surface area contributed by atoms with Crippen LogP contribution in [0.25, 0.3) is 0 Å². The Bertz CT molecular complexity index is 323. The molecule has 2 N–H and O–H groups in total. The summed E-state index contributed by atoms with van der Waals surface area (Å²) < 4.78 is 0. The van der Waals surface area contributed by atoms with Gasteiger partial charge in [-0.25, -0.2) is 0 Å². The molecule has 1 aliphatic carbocycles. The second kappa shape index (κ2) is 6.18. The molecule has 2 rings (SSSR count). The summed E-state index contributed by atoms with van der Waals surface area (Å²) in [7, 11) is 0. The third-order valence-electron chi connectivity index (χ3n) is 3.95. The van der Waals surface area contributed by atoms with E-state index >= 15 is 0 Å². The van der Waals surface area contributed by atoms with Gasteiger partial charge in [0.15, 0.2) is 0 Å². The first-order valence-corrected chi connectivity index (χ1v) is 6.65. The van der Waals surface area contributed by atoms with E-state index in [1.54, 1.807) is 0 Å². The minimum atomic E-state index is -0.165. The summed E-state index contributed by atoms with van der Waals surface area (Å²) in [5, 5.41) is 18.9. The van der Waals surface area contributed by atoms with E-state index in [9.17, 15) is 5.11 Å². The summed E-state index contributed by atoms with van der Waals surface area (Å²) >= 11 is 0. The number of benzene rings is 1. The van der Waals surface area contributed by atoms with Gasteiger partial charge in [-0.2, -0.15) is 0 Å². The lowest BCUT2D eigenvalue weighted by molar-refractivity contribution is 0.0537. The molecule has 1 aromatic rings. The molecule has 0 aliphatic heterocycles. The van der Waals surface area contributed by atoms with Crippen LogP contribution in [0.2, 0.25) is 0 Å². The van der Waals surface area contributed by atoms with Crippen LogP contribution in [0.3, 0.4) is 0 Å². The Kier molecular flexibility index (Phi) is 4.57. The van der Waals surface area contributed by atoms with Gasteiger partial charge in [0.2, 0.25) is 0 Å². The summed E-state index contributed by atoms with van der Waals surface area (Å²) in [6, 6.07) is 10.6. The highest BCUT2D eigenvalue weighted by Gasteiger charge is 2.29. The normalized spacial score (nSPS) is 29.2. The zero-order valence-electron chi connectivity index (χ0n) is 10.3. The lowest BCUT2D eigenvalue weighted by atomic mass is 9.75. The molecule has 0 bridgehead atoms. The lowest BCUT2D eigenvalue weighted by Gasteiger charge is -2.33. The van der Waals surface area contributed by atoms with Crippen molar-refractivity contribution in [2.75, 3.05) is 6.61 Å². The van der Waals surface area contributed by atoms with Gasteiger partial charge in [-0.05, 0) is 49.5 Å². The van der Waals surface area contributed by atoms with Crippen LogP contribution in [0, 0.1) is 5.92 Å². The van der Waals surface area contributed by atoms with Gasteiger partial charge in [-0.3, -0.25) is 0 Å². The number of rotatable bonds is 4. The second-order valence-corrected chi connectivity index (χ2v) is 5.11. The SMILES string of the molecule is OCCCC1CC(c2ccccc2)CCC1O. The van der Waals surface area contributed by atoms with Gasteiger partial charge in [0.25, 0.3) is 0 Å². The fourth-order valence-corrected chi connectivity index (χ4v) is 2.94. The van der Waals surface area contributed by atoms with Gasteiger partial charge in [-0.1, -0.05) is 30.3 Å². The third-order valence-corrected chi connectivity index (χ3v) is 3.95. The Morgan fingerprint density at radius 1 is 1.12 bits per heavy atom. The minimum Gasteiger partial charge on any atom is -0.396 e. The summed E-state index contributed by atoms with van der Waals surface area (Å²) in [5.74, 6) is 0.949. The van der Waals surface area contributed by atoms with Crippen LogP contribution in [-0.4, -0.2) is 22.9 Å². The van der Waals surface area contributed by atoms with Crippen molar-refractivity contribution in [3.63, 3.8) is 0 Å². The summed E-state index contributed by atoms with van der Waals surface area (Å²) in [6.07, 6.45) is 4.63. The Morgan fingerprint density at radius 2 is 1.88 bits per heavy atom. The monoisotopic (exact) mass is 234 g/mol. The topological polar surface area (TPSA) is 40.5 Å². The fraction of sp³-hybridized carbons (Fsp3) is 0.600. The Balaban J connectivity index is 1.97. The molecule has 0 amide bonds. The maximum Gasteiger partial charge on any atom is 0.0568 e. The predicted octanol–water partition coefficient (Wildman–Crippen LogP) is 2.70. The van der Waals surface area contributed by atoms with Crippen molar-refractivity contribution >= 4 is 0 Å². The van der Waals surface area contributed by atoms with Crippen LogP contribution in [0.1, 0.15) is 43.6 Å². The van der Waals surface area contributed by atoms with Crippen molar-refractivity contribution < 1.29 is 10.2 Å². The first-order valence-electron chi connectivity index (χ1n) is 6.65. The molecule has 0 spiro atoms. The molecule has 3 atom stereocenters. The number of hydrogen-bond donors (Lipinski definition) is 2. The molecule has 3 unspecified atom stereocenters. The van der Waals surface area contributed by atoms with Crippen LogP contribution in [-0.2, 0) is 0 Å². The van der Waals surface area contributed by atoms with Crippen molar-refractivity contribution in [2.24, 2.45) is 5.92 Å². The highest BCUT2D eigenvalue weighted by Crippen LogP contribution is 2.38. The number of aliphatic hydroxyl groups excluding tert-OH is 2. The Hall–Kier alpha value is -0.860. The molecule has 0 radical (unpaired) electrons. The van der Waals surface area contributed by atoms with E-state index in [-0.39, 0.29) is 12.7 Å². The Labute approximate surface area is 103 Å². The average molecular weight is 234 g/mol. The molecule has 1 aromatic carbocycles. The quantitative estimate of drug-likeness (QED) is 0.841. The van der Waals surface area contributed by atoms with Crippen LogP contribution in [0.15, 0.2) is 30.3 Å². The highest BCUT2D eigenvalue weighted by molar-refractivity contribution is 5.20. The molecule has 0 heterocycles. The van der Waals surface area contributed by atoms with E-state index in [2.05, 4.69) is 24.3 Å². The number of aliphatic hydroxyl groups is 2. The van der Waals surface area contributed by atoms with Crippen molar-refractivity contribution in [3.8, 4) is 0 Å². The smallest absolute Gasteiger partial charge is 0.0568 e. The molecule has 1 saturated carbocycles. The van der Waals surface area contributed by atoms with Gasteiger partial charge < -0.3 is 10.2 Å². The maximum absolute atomic E-state index is 9.98. The molecule has 1 aliphatic rings. The standard InChI is InChI=1S/C15H22O2/c16-10-4-7-14-11-13(8-9-15(14)17)12-5-2-1-3-6-12/h1-3,5-6,13-17H,4,7-11H2. The number of hydrogen-bond acceptors (Lipinski definition) is 2. The van der Waals surface area contributed by atoms with Crippen molar-refractivity contribution in [1.82, 2.24) is 0 Å². The van der Waals surface area contributed by atoms with Crippen molar-refractivity contribution in [2.45, 2.75) is 44.1 Å². The fourth-order valence-electron chi connectivity index (χ4n) is 2.94. The van der Waals surface area contributed by atoms with Crippen LogP contribution >= 0.6 is 0 Å². The molecule has 1 fully saturated rings. The molecule has 0 aromatic heterocycles. The third kappa shape index (κ3) is 3.30. The van der Waals surface area contributed by atoms with Gasteiger partial charge in [0.05, 0.1) is 6.10 Å². The van der Waals surface area contributed by atoms with E-state index in [1.807, 2.05) is 6.07 Å². The predicted molar refractivity (Wildman–Crippen MR) is 68.9 cm³/mol. The van der Waals surface area contributed by atoms with E-state index in [0.717, 1.165) is 32.1 Å². The first-order chi connectivity index (χ1) is 8.31. The highest BCUT2D eigenvalue weighted by atomic mass is 16.3. The summed E-state index contributed by atoms with van der Waals surface area (Å²) in [4.78, 5) is 0. The molecular formula is C15H22O2. The van der Waals surface area contributed by atoms with Gasteiger partial charge in [0.1, 0.15) is 0 Å². The molecule has 17 heavy (non-hydrogen) atoms. The lowest BCUT2D eigenvalue weighted by Crippen LogP contribution is -2.28. The van der Waals surface area contributed by atoms with Gasteiger partial charge in [-0.15, -0.1) is 0 Å². The van der Waals surface area contributed by atoms with Crippen molar-refractivity contribution in [3.05, 3.63) is 35.9 Å². The second-order valence-electron chi connectivity index (χ2n) is 5.11. The maximum atomic E-state index is 9.98. The van der Waals surface area contributed by atoms with Gasteiger partial charge >= 0.3 is 0 Å². The molecule has 2 nitrogen and oxygen atoms in total. The van der Waals surface area contributed by atoms with Crippen LogP contribution < -0.4 is 0 Å². The molecular weight excluding hydrogens is 212 g/mol. The Morgan fingerprint density at radius 3 is 2.59 bits per heavy atom. The van der Waals surface area contributed by atoms with Gasteiger partial charge in [0, 0.05) is 6.61 Å². The van der Waals surface area contributed by atoms with E-state index < -0.39 is 0 Å². The molecule has 94 valence electrons. The zero-order valence-corrected chi connectivity index (χ0v) is 10.3. The van der Waals surface area contributed by atoms with E-state index in [1.165, 1.54) is 5.56 Å². The van der Waals surface area contributed by atoms with E-state index in [0.29, 0.717) is 11.8 Å². The van der Waals surface area contributed by atoms with Crippen LogP contribution in [0.4, 0.5) is 0 Å².